The minimum Gasteiger partial charge on any atom is -0.377 e. The highest BCUT2D eigenvalue weighted by molar-refractivity contribution is 9.11. The first kappa shape index (κ1) is 13.5. The van der Waals surface area contributed by atoms with E-state index in [0.717, 1.165) is 0 Å². The van der Waals surface area contributed by atoms with Crippen LogP contribution in [-0.4, -0.2) is 6.26 Å². The first-order valence-corrected chi connectivity index (χ1v) is 9.29. The maximum atomic E-state index is 3.73. The van der Waals surface area contributed by atoms with Crippen LogP contribution in [0.5, 0.6) is 0 Å². The van der Waals surface area contributed by atoms with E-state index in [1.807, 2.05) is 11.3 Å². The van der Waals surface area contributed by atoms with Gasteiger partial charge in [-0.25, -0.2) is 0 Å². The molecule has 1 atom stereocenters. The first-order valence-electron chi connectivity index (χ1n) is 6.45. The number of nitrogens with one attached hydrogen (secondary N) is 1. The summed E-state index contributed by atoms with van der Waals surface area (Å²) < 4.78 is 1.25. The summed E-state index contributed by atoms with van der Waals surface area (Å²) in [6.07, 6.45) is 5.86. The predicted octanol–water partition coefficient (Wildman–Crippen LogP) is 5.72. The molecular weight excluding hydrogens is 338 g/mol. The number of thioether (sulfide) groups is 1. The normalized spacial score (nSPS) is 18.1. The Labute approximate surface area is 130 Å². The van der Waals surface area contributed by atoms with Crippen molar-refractivity contribution < 1.29 is 0 Å². The largest absolute Gasteiger partial charge is 0.377 e. The van der Waals surface area contributed by atoms with Gasteiger partial charge in [-0.15, -0.1) is 23.1 Å². The van der Waals surface area contributed by atoms with Gasteiger partial charge < -0.3 is 5.32 Å². The smallest absolute Gasteiger partial charge is 0.0705 e. The van der Waals surface area contributed by atoms with Crippen molar-refractivity contribution in [2.45, 2.75) is 30.2 Å². The first-order chi connectivity index (χ1) is 9.28. The molecular formula is C15H16BrNS2. The summed E-state index contributed by atoms with van der Waals surface area (Å²) in [7, 11) is 0. The van der Waals surface area contributed by atoms with Crippen LogP contribution in [0.25, 0.3) is 0 Å². The zero-order valence-corrected chi connectivity index (χ0v) is 14.0. The van der Waals surface area contributed by atoms with Crippen LogP contribution < -0.4 is 5.32 Å². The van der Waals surface area contributed by atoms with E-state index in [-0.39, 0.29) is 0 Å². The molecule has 0 fully saturated rings. The van der Waals surface area contributed by atoms with Crippen LogP contribution >= 0.6 is 39.0 Å². The van der Waals surface area contributed by atoms with E-state index in [4.69, 9.17) is 0 Å². The van der Waals surface area contributed by atoms with E-state index in [1.165, 1.54) is 44.1 Å². The third-order valence-corrected chi connectivity index (χ3v) is 6.03. The van der Waals surface area contributed by atoms with Crippen LogP contribution in [0.3, 0.4) is 0 Å². The molecule has 1 unspecified atom stereocenters. The van der Waals surface area contributed by atoms with Crippen LogP contribution in [0.2, 0.25) is 0 Å². The molecule has 0 spiro atoms. The summed E-state index contributed by atoms with van der Waals surface area (Å²) in [4.78, 5) is 2.86. The number of para-hydroxylation sites is 1. The van der Waals surface area contributed by atoms with E-state index in [9.17, 15) is 0 Å². The summed E-state index contributed by atoms with van der Waals surface area (Å²) in [5.41, 5.74) is 2.74. The van der Waals surface area contributed by atoms with Gasteiger partial charge >= 0.3 is 0 Å². The van der Waals surface area contributed by atoms with Gasteiger partial charge in [-0.1, -0.05) is 12.1 Å². The molecule has 1 nitrogen and oxygen atoms in total. The lowest BCUT2D eigenvalue weighted by Gasteiger charge is -2.25. The molecule has 0 bridgehead atoms. The maximum Gasteiger partial charge on any atom is 0.0705 e. The van der Waals surface area contributed by atoms with Crippen molar-refractivity contribution in [3.8, 4) is 0 Å². The van der Waals surface area contributed by atoms with Crippen molar-refractivity contribution in [2.75, 3.05) is 11.6 Å². The van der Waals surface area contributed by atoms with Crippen molar-refractivity contribution in [3.05, 3.63) is 44.6 Å². The number of benzene rings is 1. The second kappa shape index (κ2) is 5.90. The van der Waals surface area contributed by atoms with Crippen molar-refractivity contribution in [1.29, 1.82) is 0 Å². The fourth-order valence-corrected chi connectivity index (χ4v) is 5.00. The van der Waals surface area contributed by atoms with Gasteiger partial charge in [0.15, 0.2) is 0 Å². The van der Waals surface area contributed by atoms with Gasteiger partial charge in [0.1, 0.15) is 0 Å². The average molecular weight is 354 g/mol. The lowest BCUT2D eigenvalue weighted by Crippen LogP contribution is -2.15. The van der Waals surface area contributed by atoms with E-state index in [2.05, 4.69) is 57.8 Å². The van der Waals surface area contributed by atoms with Crippen molar-refractivity contribution in [2.24, 2.45) is 0 Å². The molecule has 1 aromatic heterocycles. The molecule has 1 aliphatic carbocycles. The van der Waals surface area contributed by atoms with Gasteiger partial charge in [0.2, 0.25) is 0 Å². The average Bonchev–Trinajstić information content (AvgIpc) is 2.81. The Balaban J connectivity index is 1.88. The van der Waals surface area contributed by atoms with E-state index in [1.54, 1.807) is 11.8 Å². The van der Waals surface area contributed by atoms with Gasteiger partial charge in [0.05, 0.1) is 9.83 Å². The zero-order chi connectivity index (χ0) is 13.2. The maximum absolute atomic E-state index is 3.73. The third kappa shape index (κ3) is 2.86. The van der Waals surface area contributed by atoms with Crippen molar-refractivity contribution >= 4 is 44.7 Å². The Bertz CT molecular complexity index is 579. The molecule has 2 aromatic rings. The molecule has 0 saturated carbocycles. The lowest BCUT2D eigenvalue weighted by atomic mass is 9.94. The molecule has 1 heterocycles. The van der Waals surface area contributed by atoms with Crippen LogP contribution in [0, 0.1) is 0 Å². The quantitative estimate of drug-likeness (QED) is 0.707. The number of rotatable bonds is 3. The number of hydrogen-bond donors (Lipinski definition) is 1. The molecule has 0 saturated heterocycles. The fourth-order valence-electron chi connectivity index (χ4n) is 2.62. The van der Waals surface area contributed by atoms with E-state index < -0.39 is 0 Å². The SMILES string of the molecule is CSc1ccccc1NC1CCCc2sc(Br)cc21. The van der Waals surface area contributed by atoms with Crippen molar-refractivity contribution in [1.82, 2.24) is 0 Å². The standard InChI is InChI=1S/C15H16BrNS2/c1-18-14-7-3-2-5-12(14)17-11-6-4-8-13-10(11)9-15(16)19-13/h2-3,5,7,9,11,17H,4,6,8H2,1H3. The Morgan fingerprint density at radius 3 is 3.05 bits per heavy atom. The Morgan fingerprint density at radius 1 is 1.37 bits per heavy atom. The number of fused-ring (bicyclic) bond motifs is 1. The fraction of sp³-hybridized carbons (Fsp3) is 0.333. The van der Waals surface area contributed by atoms with E-state index >= 15 is 0 Å². The zero-order valence-electron chi connectivity index (χ0n) is 10.8. The van der Waals surface area contributed by atoms with Gasteiger partial charge in [0.25, 0.3) is 0 Å². The molecule has 100 valence electrons. The van der Waals surface area contributed by atoms with Crippen LogP contribution in [0.15, 0.2) is 39.0 Å². The van der Waals surface area contributed by atoms with Gasteiger partial charge in [0, 0.05) is 15.5 Å². The van der Waals surface area contributed by atoms with Crippen LogP contribution in [0.4, 0.5) is 5.69 Å². The summed E-state index contributed by atoms with van der Waals surface area (Å²) >= 11 is 7.31. The summed E-state index contributed by atoms with van der Waals surface area (Å²) in [5.74, 6) is 0. The summed E-state index contributed by atoms with van der Waals surface area (Å²) in [5, 5.41) is 3.73. The van der Waals surface area contributed by atoms with Crippen LogP contribution in [0.1, 0.15) is 29.3 Å². The minimum atomic E-state index is 0.458. The Hall–Kier alpha value is -0.450. The molecule has 0 radical (unpaired) electrons. The monoisotopic (exact) mass is 353 g/mol. The molecule has 3 rings (SSSR count). The molecule has 1 aliphatic rings. The van der Waals surface area contributed by atoms with Crippen molar-refractivity contribution in [3.63, 3.8) is 0 Å². The van der Waals surface area contributed by atoms with Gasteiger partial charge in [-0.2, -0.15) is 0 Å². The summed E-state index contributed by atoms with van der Waals surface area (Å²) in [6, 6.07) is 11.3. The highest BCUT2D eigenvalue weighted by atomic mass is 79.9. The number of thiophene rings is 1. The Morgan fingerprint density at radius 2 is 2.21 bits per heavy atom. The number of halogens is 1. The topological polar surface area (TPSA) is 12.0 Å². The number of anilines is 1. The van der Waals surface area contributed by atoms with Gasteiger partial charge in [-0.05, 0) is 65.2 Å². The Kier molecular flexibility index (Phi) is 4.20. The minimum absolute atomic E-state index is 0.458. The molecule has 1 aromatic carbocycles. The van der Waals surface area contributed by atoms with Gasteiger partial charge in [-0.3, -0.25) is 0 Å². The number of aryl methyl sites for hydroxylation is 1. The van der Waals surface area contributed by atoms with Crippen LogP contribution in [-0.2, 0) is 6.42 Å². The second-order valence-electron chi connectivity index (χ2n) is 4.72. The third-order valence-electron chi connectivity index (χ3n) is 3.52. The molecule has 0 amide bonds. The molecule has 4 heteroatoms. The van der Waals surface area contributed by atoms with E-state index in [0.29, 0.717) is 6.04 Å². The molecule has 1 N–H and O–H groups in total. The lowest BCUT2D eigenvalue weighted by molar-refractivity contribution is 0.608. The highest BCUT2D eigenvalue weighted by Gasteiger charge is 2.22. The summed E-state index contributed by atoms with van der Waals surface area (Å²) in [6.45, 7) is 0. The molecule has 0 aliphatic heterocycles. The highest BCUT2D eigenvalue weighted by Crippen LogP contribution is 2.40. The molecule has 19 heavy (non-hydrogen) atoms. The number of hydrogen-bond acceptors (Lipinski definition) is 3. The predicted molar refractivity (Wildman–Crippen MR) is 89.5 cm³/mol. The second-order valence-corrected chi connectivity index (χ2v) is 8.08.